The van der Waals surface area contributed by atoms with Gasteiger partial charge < -0.3 is 29.6 Å². The van der Waals surface area contributed by atoms with E-state index in [1.165, 1.54) is 48.0 Å². The SMILES string of the molecule is Cc1cc(N(CCCC(O)C[N+]2(C)CCCCC2)c2nc(C(=O)O)c(CCCOc3ccc(C#CCN(C)C)cc3F)s2)nnc1Nc1nc2ccccc2s1. The summed E-state index contributed by atoms with van der Waals surface area (Å²) in [5.41, 5.74) is 2.25. The van der Waals surface area contributed by atoms with E-state index in [0.717, 1.165) is 33.4 Å². The largest absolute Gasteiger partial charge is 0.491 e. The Kier molecular flexibility index (Phi) is 13.8. The van der Waals surface area contributed by atoms with E-state index >= 15 is 0 Å². The molecule has 15 heteroatoms. The number of rotatable bonds is 17. The molecule has 0 bridgehead atoms. The number of anilines is 4. The molecule has 1 saturated heterocycles. The number of carboxylic acid groups (broad SMARTS) is 1. The summed E-state index contributed by atoms with van der Waals surface area (Å²) in [4.78, 5) is 26.1. The number of carboxylic acids is 1. The molecule has 0 aliphatic carbocycles. The molecule has 0 amide bonds. The Bertz CT molecular complexity index is 2140. The van der Waals surface area contributed by atoms with Gasteiger partial charge in [0.1, 0.15) is 12.6 Å². The minimum Gasteiger partial charge on any atom is -0.491 e. The minimum absolute atomic E-state index is 0.0387. The molecule has 1 aliphatic rings. The summed E-state index contributed by atoms with van der Waals surface area (Å²) in [6.07, 6.45) is 5.16. The van der Waals surface area contributed by atoms with Gasteiger partial charge in [-0.3, -0.25) is 4.90 Å². The van der Waals surface area contributed by atoms with Crippen molar-refractivity contribution in [3.05, 3.63) is 76.0 Å². The van der Waals surface area contributed by atoms with Crippen LogP contribution in [0.3, 0.4) is 0 Å². The number of piperidine rings is 1. The number of likely N-dealkylation sites (tertiary alicyclic amines) is 1. The first-order chi connectivity index (χ1) is 27.0. The number of hydrogen-bond acceptors (Lipinski definition) is 12. The lowest BCUT2D eigenvalue weighted by molar-refractivity contribution is -0.916. The Morgan fingerprint density at radius 3 is 2.61 bits per heavy atom. The van der Waals surface area contributed by atoms with Crippen LogP contribution in [0.25, 0.3) is 10.2 Å². The summed E-state index contributed by atoms with van der Waals surface area (Å²) in [6, 6.07) is 14.5. The number of nitrogens with one attached hydrogen (secondary N) is 1. The third-order valence-electron chi connectivity index (χ3n) is 9.72. The molecule has 4 heterocycles. The number of quaternary nitrogens is 1. The molecule has 56 heavy (non-hydrogen) atoms. The zero-order valence-corrected chi connectivity index (χ0v) is 34.1. The van der Waals surface area contributed by atoms with Gasteiger partial charge in [-0.15, -0.1) is 21.5 Å². The number of thiazole rings is 2. The lowest BCUT2D eigenvalue weighted by Gasteiger charge is -2.39. The average molecular weight is 802 g/mol. The minimum atomic E-state index is -1.13. The van der Waals surface area contributed by atoms with Crippen molar-refractivity contribution in [2.45, 2.75) is 58.0 Å². The number of likely N-dealkylation sites (N-methyl/N-ethyl adjacent to an activating group) is 1. The van der Waals surface area contributed by atoms with Crippen LogP contribution >= 0.6 is 22.7 Å². The lowest BCUT2D eigenvalue weighted by Crippen LogP contribution is -2.51. The molecule has 5 aromatic rings. The Morgan fingerprint density at radius 1 is 1.07 bits per heavy atom. The fourth-order valence-corrected chi connectivity index (χ4v) is 8.80. The summed E-state index contributed by atoms with van der Waals surface area (Å²) in [5.74, 6) is 5.51. The number of fused-ring (bicyclic) bond motifs is 1. The highest BCUT2D eigenvalue weighted by Gasteiger charge is 2.28. The summed E-state index contributed by atoms with van der Waals surface area (Å²) in [7, 11) is 6.06. The second-order valence-electron chi connectivity index (χ2n) is 14.8. The van der Waals surface area contributed by atoms with Crippen LogP contribution in [0.2, 0.25) is 0 Å². The van der Waals surface area contributed by atoms with Crippen LogP contribution in [0.5, 0.6) is 5.75 Å². The third-order valence-corrected chi connectivity index (χ3v) is 11.8. The van der Waals surface area contributed by atoms with Crippen molar-refractivity contribution in [1.82, 2.24) is 25.1 Å². The quantitative estimate of drug-likeness (QED) is 0.0498. The van der Waals surface area contributed by atoms with Crippen molar-refractivity contribution < 1.29 is 28.6 Å². The fraction of sp³-hybridized carbons (Fsp3) is 0.439. The first-order valence-electron chi connectivity index (χ1n) is 19.0. The fourth-order valence-electron chi connectivity index (χ4n) is 6.81. The zero-order chi connectivity index (χ0) is 39.7. The van der Waals surface area contributed by atoms with Crippen molar-refractivity contribution in [3.63, 3.8) is 0 Å². The van der Waals surface area contributed by atoms with Gasteiger partial charge in [0.2, 0.25) is 0 Å². The summed E-state index contributed by atoms with van der Waals surface area (Å²) in [6.45, 7) is 5.99. The van der Waals surface area contributed by atoms with E-state index in [-0.39, 0.29) is 18.1 Å². The summed E-state index contributed by atoms with van der Waals surface area (Å²) >= 11 is 2.81. The molecule has 0 radical (unpaired) electrons. The van der Waals surface area contributed by atoms with Crippen molar-refractivity contribution >= 4 is 60.8 Å². The van der Waals surface area contributed by atoms with Gasteiger partial charge in [0.15, 0.2) is 39.2 Å². The predicted octanol–water partition coefficient (Wildman–Crippen LogP) is 7.27. The highest BCUT2D eigenvalue weighted by Crippen LogP contribution is 2.34. The van der Waals surface area contributed by atoms with Crippen LogP contribution in [0.1, 0.15) is 65.0 Å². The standard InChI is InChI=1S/C41H49FN8O4S2/c1-28-25-36(46-47-38(28)45-40-43-32-15-6-7-16-34(32)55-40)49(21-11-14-30(51)27-50(4)22-8-5-9-23-50)41-44-37(39(52)53)35(56-41)17-12-24-54-33-19-18-29(26-31(33)42)13-10-20-48(2)3/h6-7,15-16,18-19,25-26,30,51H,5,8-9,11-12,14,17,20-24,27H2,1-4H3,(H-,43,45,47,52,53)/p+1. The molecule has 1 fully saturated rings. The number of carbonyl (C=O) groups is 1. The van der Waals surface area contributed by atoms with Crippen LogP contribution < -0.4 is 15.0 Å². The van der Waals surface area contributed by atoms with E-state index < -0.39 is 17.9 Å². The zero-order valence-electron chi connectivity index (χ0n) is 32.4. The molecular weight excluding hydrogens is 752 g/mol. The molecule has 3 N–H and O–H groups in total. The van der Waals surface area contributed by atoms with E-state index in [4.69, 9.17) is 4.74 Å². The number of benzene rings is 2. The van der Waals surface area contributed by atoms with E-state index in [1.54, 1.807) is 12.1 Å². The first kappa shape index (κ1) is 40.9. The molecule has 12 nitrogen and oxygen atoms in total. The number of halogens is 1. The number of aliphatic hydroxyl groups excluding tert-OH is 1. The number of aryl methyl sites for hydroxylation is 2. The molecule has 1 aliphatic heterocycles. The Labute approximate surface area is 335 Å². The highest BCUT2D eigenvalue weighted by atomic mass is 32.1. The molecule has 0 saturated carbocycles. The van der Waals surface area contributed by atoms with E-state index in [0.29, 0.717) is 77.7 Å². The van der Waals surface area contributed by atoms with Gasteiger partial charge >= 0.3 is 5.97 Å². The van der Waals surface area contributed by atoms with Gasteiger partial charge in [-0.2, -0.15) is 0 Å². The maximum absolute atomic E-state index is 14.8. The van der Waals surface area contributed by atoms with Crippen LogP contribution in [0.15, 0.2) is 48.5 Å². The summed E-state index contributed by atoms with van der Waals surface area (Å²) in [5, 5.41) is 34.8. The van der Waals surface area contributed by atoms with Crippen LogP contribution in [-0.4, -0.2) is 112 Å². The first-order valence-corrected chi connectivity index (χ1v) is 20.6. The molecule has 296 valence electrons. The third kappa shape index (κ3) is 11.0. The van der Waals surface area contributed by atoms with Crippen LogP contribution in [0, 0.1) is 24.6 Å². The second kappa shape index (κ2) is 18.9. The molecule has 0 spiro atoms. The number of para-hydroxylation sites is 1. The lowest BCUT2D eigenvalue weighted by atomic mass is 10.1. The van der Waals surface area contributed by atoms with Crippen LogP contribution in [0.4, 0.5) is 26.3 Å². The molecule has 1 unspecified atom stereocenters. The van der Waals surface area contributed by atoms with E-state index in [9.17, 15) is 19.4 Å². The number of ether oxygens (including phenoxy) is 1. The maximum Gasteiger partial charge on any atom is 0.355 e. The average Bonchev–Trinajstić information content (AvgIpc) is 3.78. The Balaban J connectivity index is 1.16. The second-order valence-corrected chi connectivity index (χ2v) is 16.9. The van der Waals surface area contributed by atoms with E-state index in [1.807, 2.05) is 61.2 Å². The van der Waals surface area contributed by atoms with Crippen molar-refractivity contribution in [2.75, 3.05) is 70.7 Å². The van der Waals surface area contributed by atoms with Crippen molar-refractivity contribution in [2.24, 2.45) is 0 Å². The Hall–Kier alpha value is -4.72. The van der Waals surface area contributed by atoms with Crippen molar-refractivity contribution in [1.29, 1.82) is 0 Å². The Morgan fingerprint density at radius 2 is 1.88 bits per heavy atom. The monoisotopic (exact) mass is 801 g/mol. The van der Waals surface area contributed by atoms with E-state index in [2.05, 4.69) is 44.4 Å². The number of aromatic nitrogens is 4. The topological polar surface area (TPSA) is 137 Å². The number of aliphatic hydroxyl groups is 1. The molecule has 2 aromatic carbocycles. The van der Waals surface area contributed by atoms with Gasteiger partial charge in [0.25, 0.3) is 0 Å². The van der Waals surface area contributed by atoms with Gasteiger partial charge in [0.05, 0.1) is 43.5 Å². The smallest absolute Gasteiger partial charge is 0.355 e. The van der Waals surface area contributed by atoms with Crippen LogP contribution in [-0.2, 0) is 6.42 Å². The predicted molar refractivity (Wildman–Crippen MR) is 221 cm³/mol. The van der Waals surface area contributed by atoms with Gasteiger partial charge in [0, 0.05) is 17.0 Å². The number of hydrogen-bond donors (Lipinski definition) is 3. The summed E-state index contributed by atoms with van der Waals surface area (Å²) < 4.78 is 22.5. The molecule has 3 aromatic heterocycles. The highest BCUT2D eigenvalue weighted by molar-refractivity contribution is 7.22. The van der Waals surface area contributed by atoms with Gasteiger partial charge in [-0.1, -0.05) is 35.3 Å². The van der Waals surface area contributed by atoms with Gasteiger partial charge in [-0.05, 0) is 108 Å². The van der Waals surface area contributed by atoms with Gasteiger partial charge in [-0.25, -0.2) is 19.2 Å². The molecular formula is C41H50FN8O4S2+. The van der Waals surface area contributed by atoms with Crippen molar-refractivity contribution in [3.8, 4) is 17.6 Å². The molecule has 1 atom stereocenters. The maximum atomic E-state index is 14.8. The normalized spacial score (nSPS) is 14.3. The molecule has 6 rings (SSSR count). The number of aromatic carboxylic acids is 1. The number of nitrogens with zero attached hydrogens (tertiary/aromatic N) is 7.